The van der Waals surface area contributed by atoms with Gasteiger partial charge in [-0.15, -0.1) is 23.1 Å². The molecule has 0 aliphatic carbocycles. The van der Waals surface area contributed by atoms with Crippen molar-refractivity contribution < 1.29 is 14.3 Å². The van der Waals surface area contributed by atoms with Gasteiger partial charge in [-0.1, -0.05) is 51.9 Å². The Morgan fingerprint density at radius 2 is 2.03 bits per heavy atom. The van der Waals surface area contributed by atoms with Crippen molar-refractivity contribution in [2.24, 2.45) is 0 Å². The molecule has 2 aromatic rings. The lowest BCUT2D eigenvalue weighted by Gasteiger charge is -2.33. The third-order valence-electron chi connectivity index (χ3n) is 5.66. The average molecular weight is 471 g/mol. The summed E-state index contributed by atoms with van der Waals surface area (Å²) in [6.45, 7) is 9.81. The van der Waals surface area contributed by atoms with Crippen LogP contribution in [0.15, 0.2) is 29.2 Å². The minimum absolute atomic E-state index is 0.0874. The summed E-state index contributed by atoms with van der Waals surface area (Å²) in [6.07, 6.45) is 6.36. The van der Waals surface area contributed by atoms with Gasteiger partial charge in [0.2, 0.25) is 0 Å². The molecule has 0 saturated heterocycles. The minimum atomic E-state index is -0.187. The topological polar surface area (TPSA) is 35.5 Å². The van der Waals surface area contributed by atoms with Crippen LogP contribution >= 0.6 is 23.1 Å². The van der Waals surface area contributed by atoms with Crippen LogP contribution in [0.25, 0.3) is 0 Å². The summed E-state index contributed by atoms with van der Waals surface area (Å²) in [4.78, 5) is 14.9. The molecule has 0 saturated carbocycles. The Morgan fingerprint density at radius 1 is 1.19 bits per heavy atom. The molecule has 2 heterocycles. The Labute approximate surface area is 201 Å². The van der Waals surface area contributed by atoms with E-state index in [1.807, 2.05) is 30.8 Å². The van der Waals surface area contributed by atoms with Crippen LogP contribution in [0.4, 0.5) is 0 Å². The number of rotatable bonds is 9. The van der Waals surface area contributed by atoms with Gasteiger partial charge in [0.15, 0.2) is 0 Å². The Morgan fingerprint density at radius 3 is 2.81 bits per heavy atom. The zero-order valence-corrected chi connectivity index (χ0v) is 21.3. The summed E-state index contributed by atoms with van der Waals surface area (Å²) in [5, 5.41) is 0. The third-order valence-corrected chi connectivity index (χ3v) is 7.80. The molecule has 0 radical (unpaired) electrons. The number of unbranched alkanes of at least 4 members (excludes halogenated alkanes) is 3. The van der Waals surface area contributed by atoms with Crippen LogP contribution in [-0.4, -0.2) is 24.9 Å². The smallest absolute Gasteiger partial charge is 0.311 e. The van der Waals surface area contributed by atoms with Gasteiger partial charge in [-0.2, -0.15) is 0 Å². The number of carbonyl (C=O) groups excluding carboxylic acids is 1. The van der Waals surface area contributed by atoms with Crippen molar-refractivity contribution in [1.29, 1.82) is 0 Å². The zero-order chi connectivity index (χ0) is 23.0. The lowest BCUT2D eigenvalue weighted by molar-refractivity contribution is -0.142. The zero-order valence-electron chi connectivity index (χ0n) is 19.7. The van der Waals surface area contributed by atoms with E-state index in [1.165, 1.54) is 36.1 Å². The SMILES string of the molecule is CCCCCCSc1cc2c(cc1C#Cc1ccc(CC(=O)OCC)s1)C(C)(C)CCO2. The lowest BCUT2D eigenvalue weighted by atomic mass is 9.79. The summed E-state index contributed by atoms with van der Waals surface area (Å²) >= 11 is 3.45. The summed E-state index contributed by atoms with van der Waals surface area (Å²) in [7, 11) is 0. The molecular weight excluding hydrogens is 436 g/mol. The van der Waals surface area contributed by atoms with Gasteiger partial charge in [-0.05, 0) is 55.2 Å². The second-order valence-electron chi connectivity index (χ2n) is 8.73. The first kappa shape index (κ1) is 24.7. The highest BCUT2D eigenvalue weighted by atomic mass is 32.2. The largest absolute Gasteiger partial charge is 0.493 e. The van der Waals surface area contributed by atoms with Crippen LogP contribution in [0.2, 0.25) is 0 Å². The monoisotopic (exact) mass is 470 g/mol. The normalized spacial score (nSPS) is 14.1. The van der Waals surface area contributed by atoms with Gasteiger partial charge in [-0.3, -0.25) is 4.79 Å². The molecule has 172 valence electrons. The van der Waals surface area contributed by atoms with Gasteiger partial charge in [-0.25, -0.2) is 0 Å². The van der Waals surface area contributed by atoms with E-state index in [1.54, 1.807) is 11.3 Å². The predicted molar refractivity (Wildman–Crippen MR) is 135 cm³/mol. The minimum Gasteiger partial charge on any atom is -0.493 e. The molecule has 32 heavy (non-hydrogen) atoms. The molecule has 0 fully saturated rings. The number of thiophene rings is 1. The highest BCUT2D eigenvalue weighted by molar-refractivity contribution is 7.99. The van der Waals surface area contributed by atoms with Crippen LogP contribution in [-0.2, 0) is 21.4 Å². The molecule has 0 N–H and O–H groups in total. The summed E-state index contributed by atoms with van der Waals surface area (Å²) in [6, 6.07) is 8.41. The Bertz CT molecular complexity index is 979. The molecule has 0 bridgehead atoms. The van der Waals surface area contributed by atoms with Crippen molar-refractivity contribution in [3.63, 3.8) is 0 Å². The number of fused-ring (bicyclic) bond motifs is 1. The molecule has 3 nitrogen and oxygen atoms in total. The van der Waals surface area contributed by atoms with E-state index in [4.69, 9.17) is 9.47 Å². The maximum atomic E-state index is 11.7. The second-order valence-corrected chi connectivity index (χ2v) is 11.0. The van der Waals surface area contributed by atoms with Gasteiger partial charge in [0, 0.05) is 20.9 Å². The van der Waals surface area contributed by atoms with E-state index in [0.717, 1.165) is 39.8 Å². The van der Waals surface area contributed by atoms with E-state index in [-0.39, 0.29) is 11.4 Å². The number of thioether (sulfide) groups is 1. The first-order chi connectivity index (χ1) is 15.4. The van der Waals surface area contributed by atoms with Crippen molar-refractivity contribution >= 4 is 29.1 Å². The van der Waals surface area contributed by atoms with Gasteiger partial charge >= 0.3 is 5.97 Å². The van der Waals surface area contributed by atoms with Crippen LogP contribution in [0.3, 0.4) is 0 Å². The van der Waals surface area contributed by atoms with Crippen LogP contribution in [0.1, 0.15) is 80.7 Å². The molecule has 1 aliphatic heterocycles. The molecule has 3 rings (SSSR count). The van der Waals surface area contributed by atoms with Crippen molar-refractivity contribution in [2.45, 2.75) is 76.5 Å². The average Bonchev–Trinajstić information content (AvgIpc) is 3.19. The van der Waals surface area contributed by atoms with Crippen molar-refractivity contribution in [2.75, 3.05) is 19.0 Å². The standard InChI is InChI=1S/C27H34O3S2/c1-5-7-8-9-16-31-25-19-24-23(27(3,4)14-15-30-24)17-20(25)10-11-21-12-13-22(32-21)18-26(28)29-6-2/h12-13,17,19H,5-9,14-16,18H2,1-4H3. The van der Waals surface area contributed by atoms with Crippen molar-refractivity contribution in [3.05, 3.63) is 45.1 Å². The number of ether oxygens (including phenoxy) is 2. The molecule has 0 amide bonds. The number of benzene rings is 1. The van der Waals surface area contributed by atoms with Gasteiger partial charge in [0.1, 0.15) is 5.75 Å². The second kappa shape index (κ2) is 11.8. The first-order valence-corrected chi connectivity index (χ1v) is 13.4. The van der Waals surface area contributed by atoms with Gasteiger partial charge in [0.05, 0.1) is 24.5 Å². The fraction of sp³-hybridized carbons (Fsp3) is 0.519. The van der Waals surface area contributed by atoms with Crippen LogP contribution in [0.5, 0.6) is 5.75 Å². The summed E-state index contributed by atoms with van der Waals surface area (Å²) in [5.74, 6) is 8.68. The summed E-state index contributed by atoms with van der Waals surface area (Å²) < 4.78 is 11.1. The van der Waals surface area contributed by atoms with Crippen LogP contribution in [0, 0.1) is 11.8 Å². The molecule has 0 unspecified atom stereocenters. The Balaban J connectivity index is 1.83. The maximum absolute atomic E-state index is 11.7. The van der Waals surface area contributed by atoms with Gasteiger partial charge < -0.3 is 9.47 Å². The van der Waals surface area contributed by atoms with E-state index >= 15 is 0 Å². The van der Waals surface area contributed by atoms with E-state index in [9.17, 15) is 4.79 Å². The molecule has 1 aromatic carbocycles. The molecule has 5 heteroatoms. The number of hydrogen-bond acceptors (Lipinski definition) is 5. The Hall–Kier alpha value is -1.90. The van der Waals surface area contributed by atoms with E-state index < -0.39 is 0 Å². The van der Waals surface area contributed by atoms with Gasteiger partial charge in [0.25, 0.3) is 0 Å². The number of carbonyl (C=O) groups is 1. The first-order valence-electron chi connectivity index (χ1n) is 11.6. The van der Waals surface area contributed by atoms with Crippen molar-refractivity contribution in [1.82, 2.24) is 0 Å². The molecule has 0 atom stereocenters. The lowest BCUT2D eigenvalue weighted by Crippen LogP contribution is -2.26. The number of hydrogen-bond donors (Lipinski definition) is 0. The highest BCUT2D eigenvalue weighted by Gasteiger charge is 2.29. The highest BCUT2D eigenvalue weighted by Crippen LogP contribution is 2.42. The molecule has 1 aromatic heterocycles. The van der Waals surface area contributed by atoms with E-state index in [0.29, 0.717) is 13.0 Å². The van der Waals surface area contributed by atoms with E-state index in [2.05, 4.69) is 44.7 Å². The Kier molecular flexibility index (Phi) is 9.13. The molecule has 0 spiro atoms. The third kappa shape index (κ3) is 6.80. The molecule has 1 aliphatic rings. The summed E-state index contributed by atoms with van der Waals surface area (Å²) in [5.41, 5.74) is 2.41. The fourth-order valence-electron chi connectivity index (χ4n) is 3.71. The number of esters is 1. The quantitative estimate of drug-likeness (QED) is 0.171. The van der Waals surface area contributed by atoms with Crippen LogP contribution < -0.4 is 4.74 Å². The van der Waals surface area contributed by atoms with Crippen molar-refractivity contribution in [3.8, 4) is 17.6 Å². The molecular formula is C27H34O3S2. The fourth-order valence-corrected chi connectivity index (χ4v) is 5.58. The maximum Gasteiger partial charge on any atom is 0.311 e. The predicted octanol–water partition coefficient (Wildman–Crippen LogP) is 6.99.